The molecule has 2 N–H and O–H groups in total. The van der Waals surface area contributed by atoms with Crippen molar-refractivity contribution in [2.24, 2.45) is 5.73 Å². The lowest BCUT2D eigenvalue weighted by atomic mass is 9.94. The highest BCUT2D eigenvalue weighted by atomic mass is 16.2. The first-order chi connectivity index (χ1) is 9.69. The van der Waals surface area contributed by atoms with Crippen LogP contribution in [-0.4, -0.2) is 29.4 Å². The van der Waals surface area contributed by atoms with Crippen LogP contribution in [0.4, 0.5) is 0 Å². The average Bonchev–Trinajstić information content (AvgIpc) is 2.75. The molecule has 0 atom stereocenters. The predicted octanol–water partition coefficient (Wildman–Crippen LogP) is 2.28. The van der Waals surface area contributed by atoms with Crippen LogP contribution < -0.4 is 5.73 Å². The number of benzene rings is 1. The Morgan fingerprint density at radius 1 is 0.950 bits per heavy atom. The minimum atomic E-state index is -0.705. The Morgan fingerprint density at radius 2 is 1.45 bits per heavy atom. The Morgan fingerprint density at radius 3 is 2.00 bits per heavy atom. The van der Waals surface area contributed by atoms with Gasteiger partial charge in [0.1, 0.15) is 5.54 Å². The van der Waals surface area contributed by atoms with Crippen molar-refractivity contribution in [3.05, 3.63) is 35.4 Å². The Labute approximate surface area is 121 Å². The molecule has 3 nitrogen and oxygen atoms in total. The van der Waals surface area contributed by atoms with Gasteiger partial charge in [0.05, 0.1) is 0 Å². The Hall–Kier alpha value is -1.35. The van der Waals surface area contributed by atoms with Crippen LogP contribution in [0.25, 0.3) is 0 Å². The Kier molecular flexibility index (Phi) is 3.79. The van der Waals surface area contributed by atoms with Gasteiger partial charge >= 0.3 is 0 Å². The Balaban J connectivity index is 1.73. The molecule has 1 amide bonds. The molecule has 1 saturated heterocycles. The summed E-state index contributed by atoms with van der Waals surface area (Å²) in [6, 6.07) is 8.27. The largest absolute Gasteiger partial charge is 0.341 e. The number of likely N-dealkylation sites (tertiary alicyclic amines) is 1. The molecule has 0 radical (unpaired) electrons. The molecule has 1 aliphatic carbocycles. The number of hydrogen-bond donors (Lipinski definition) is 1. The minimum absolute atomic E-state index is 0.163. The van der Waals surface area contributed by atoms with Crippen molar-refractivity contribution in [1.29, 1.82) is 0 Å². The second-order valence-corrected chi connectivity index (χ2v) is 6.34. The highest BCUT2D eigenvalue weighted by Gasteiger charge is 2.42. The van der Waals surface area contributed by atoms with Crippen molar-refractivity contribution >= 4 is 5.91 Å². The monoisotopic (exact) mass is 272 g/mol. The van der Waals surface area contributed by atoms with Crippen LogP contribution in [0, 0.1) is 0 Å². The maximum atomic E-state index is 12.9. The average molecular weight is 272 g/mol. The fraction of sp³-hybridized carbons (Fsp3) is 0.588. The van der Waals surface area contributed by atoms with Gasteiger partial charge < -0.3 is 10.6 Å². The van der Waals surface area contributed by atoms with Gasteiger partial charge in [0.15, 0.2) is 0 Å². The summed E-state index contributed by atoms with van der Waals surface area (Å²) in [6.45, 7) is 1.77. The zero-order valence-corrected chi connectivity index (χ0v) is 12.1. The molecule has 3 rings (SSSR count). The van der Waals surface area contributed by atoms with E-state index in [0.717, 1.165) is 25.9 Å². The summed E-state index contributed by atoms with van der Waals surface area (Å²) in [7, 11) is 0. The minimum Gasteiger partial charge on any atom is -0.341 e. The topological polar surface area (TPSA) is 46.3 Å². The molecule has 108 valence electrons. The lowest BCUT2D eigenvalue weighted by Gasteiger charge is -2.32. The van der Waals surface area contributed by atoms with Gasteiger partial charge in [0.25, 0.3) is 0 Å². The van der Waals surface area contributed by atoms with Crippen molar-refractivity contribution < 1.29 is 4.79 Å². The van der Waals surface area contributed by atoms with Crippen LogP contribution in [-0.2, 0) is 17.6 Å². The quantitative estimate of drug-likeness (QED) is 0.852. The molecule has 1 fully saturated rings. The van der Waals surface area contributed by atoms with Gasteiger partial charge in [0.2, 0.25) is 5.91 Å². The van der Waals surface area contributed by atoms with Gasteiger partial charge in [-0.05, 0) is 36.8 Å². The van der Waals surface area contributed by atoms with Crippen LogP contribution >= 0.6 is 0 Å². The summed E-state index contributed by atoms with van der Waals surface area (Å²) in [4.78, 5) is 14.9. The summed E-state index contributed by atoms with van der Waals surface area (Å²) in [5.41, 5.74) is 8.27. The third kappa shape index (κ3) is 2.59. The van der Waals surface area contributed by atoms with Gasteiger partial charge in [-0.1, -0.05) is 43.5 Å². The van der Waals surface area contributed by atoms with Crippen molar-refractivity contribution in [2.75, 3.05) is 13.1 Å². The van der Waals surface area contributed by atoms with E-state index in [2.05, 4.69) is 12.1 Å². The van der Waals surface area contributed by atoms with Crippen LogP contribution in [0.1, 0.15) is 43.2 Å². The summed E-state index contributed by atoms with van der Waals surface area (Å²) in [5, 5.41) is 0. The molecule has 2 aliphatic rings. The fourth-order valence-corrected chi connectivity index (χ4v) is 3.56. The fourth-order valence-electron chi connectivity index (χ4n) is 3.56. The molecular formula is C17H24N2O. The molecular weight excluding hydrogens is 248 g/mol. The summed E-state index contributed by atoms with van der Waals surface area (Å²) in [5.74, 6) is 0.163. The molecule has 0 unspecified atom stereocenters. The molecule has 0 spiro atoms. The van der Waals surface area contributed by atoms with Gasteiger partial charge in [-0.15, -0.1) is 0 Å². The Bertz CT molecular complexity index is 465. The van der Waals surface area contributed by atoms with Gasteiger partial charge in [-0.25, -0.2) is 0 Å². The first-order valence-corrected chi connectivity index (χ1v) is 7.84. The van der Waals surface area contributed by atoms with E-state index in [1.54, 1.807) is 0 Å². The molecule has 1 aromatic carbocycles. The number of amides is 1. The zero-order chi connectivity index (χ0) is 14.0. The molecule has 1 aromatic rings. The molecule has 20 heavy (non-hydrogen) atoms. The first kappa shape index (κ1) is 13.6. The molecule has 1 heterocycles. The van der Waals surface area contributed by atoms with E-state index in [9.17, 15) is 4.79 Å². The van der Waals surface area contributed by atoms with E-state index in [0.29, 0.717) is 12.8 Å². The van der Waals surface area contributed by atoms with E-state index in [4.69, 9.17) is 5.73 Å². The second kappa shape index (κ2) is 5.57. The standard InChI is InChI=1S/C17H24N2O/c18-17(12-14-8-4-5-9-15(14)13-17)16(20)19-10-6-2-1-3-7-11-19/h4-5,8-9H,1-3,6-7,10-13,18H2. The number of nitrogens with zero attached hydrogens (tertiary/aromatic N) is 1. The highest BCUT2D eigenvalue weighted by molar-refractivity contribution is 5.88. The van der Waals surface area contributed by atoms with Crippen LogP contribution in [0.15, 0.2) is 24.3 Å². The van der Waals surface area contributed by atoms with Gasteiger partial charge in [-0.2, -0.15) is 0 Å². The molecule has 0 aromatic heterocycles. The first-order valence-electron chi connectivity index (χ1n) is 7.84. The number of nitrogens with two attached hydrogens (primary N) is 1. The lowest BCUT2D eigenvalue weighted by Crippen LogP contribution is -2.56. The number of carbonyl (C=O) groups is 1. The number of carbonyl (C=O) groups excluding carboxylic acids is 1. The normalized spacial score (nSPS) is 21.9. The van der Waals surface area contributed by atoms with Crippen molar-refractivity contribution in [2.45, 2.75) is 50.5 Å². The third-order valence-corrected chi connectivity index (χ3v) is 4.70. The highest BCUT2D eigenvalue weighted by Crippen LogP contribution is 2.30. The smallest absolute Gasteiger partial charge is 0.243 e. The van der Waals surface area contributed by atoms with E-state index in [1.165, 1.54) is 30.4 Å². The van der Waals surface area contributed by atoms with Crippen LogP contribution in [0.2, 0.25) is 0 Å². The van der Waals surface area contributed by atoms with E-state index in [-0.39, 0.29) is 5.91 Å². The summed E-state index contributed by atoms with van der Waals surface area (Å²) >= 11 is 0. The SMILES string of the molecule is NC1(C(=O)N2CCCCCCC2)Cc2ccccc2C1. The molecule has 1 aliphatic heterocycles. The third-order valence-electron chi connectivity index (χ3n) is 4.70. The lowest BCUT2D eigenvalue weighted by molar-refractivity contribution is -0.137. The van der Waals surface area contributed by atoms with Crippen molar-refractivity contribution in [1.82, 2.24) is 4.90 Å². The molecule has 0 bridgehead atoms. The predicted molar refractivity (Wildman–Crippen MR) is 80.4 cm³/mol. The maximum absolute atomic E-state index is 12.9. The zero-order valence-electron chi connectivity index (χ0n) is 12.1. The van der Waals surface area contributed by atoms with Gasteiger partial charge in [0, 0.05) is 13.1 Å². The van der Waals surface area contributed by atoms with Crippen LogP contribution in [0.3, 0.4) is 0 Å². The maximum Gasteiger partial charge on any atom is 0.243 e. The van der Waals surface area contributed by atoms with E-state index < -0.39 is 5.54 Å². The summed E-state index contributed by atoms with van der Waals surface area (Å²) < 4.78 is 0. The second-order valence-electron chi connectivity index (χ2n) is 6.34. The number of hydrogen-bond acceptors (Lipinski definition) is 2. The number of fused-ring (bicyclic) bond motifs is 1. The van der Waals surface area contributed by atoms with E-state index in [1.807, 2.05) is 17.0 Å². The number of rotatable bonds is 1. The van der Waals surface area contributed by atoms with Crippen molar-refractivity contribution in [3.8, 4) is 0 Å². The molecule has 0 saturated carbocycles. The molecule has 3 heteroatoms. The van der Waals surface area contributed by atoms with Gasteiger partial charge in [-0.3, -0.25) is 4.79 Å². The summed E-state index contributed by atoms with van der Waals surface area (Å²) in [6.07, 6.45) is 7.41. The van der Waals surface area contributed by atoms with Crippen LogP contribution in [0.5, 0.6) is 0 Å². The van der Waals surface area contributed by atoms with Crippen molar-refractivity contribution in [3.63, 3.8) is 0 Å². The van der Waals surface area contributed by atoms with E-state index >= 15 is 0 Å².